The Bertz CT molecular complexity index is 2900. The van der Waals surface area contributed by atoms with E-state index in [2.05, 4.69) is 146 Å². The van der Waals surface area contributed by atoms with Crippen LogP contribution in [0.15, 0.2) is 180 Å². The van der Waals surface area contributed by atoms with Crippen molar-refractivity contribution >= 4 is 43.5 Å². The van der Waals surface area contributed by atoms with E-state index in [9.17, 15) is 0 Å². The lowest BCUT2D eigenvalue weighted by atomic mass is 9.94. The van der Waals surface area contributed by atoms with Crippen LogP contribution in [0, 0.1) is 0 Å². The average molecular weight is 652 g/mol. The van der Waals surface area contributed by atoms with Gasteiger partial charge in [0.05, 0.1) is 0 Å². The smallest absolute Gasteiger partial charge is 0.164 e. The number of nitrogens with zero attached hydrogens (tertiary/aromatic N) is 3. The highest BCUT2D eigenvalue weighted by atomic mass is 16.3. The third-order valence-corrected chi connectivity index (χ3v) is 9.70. The molecule has 238 valence electrons. The van der Waals surface area contributed by atoms with Gasteiger partial charge >= 0.3 is 0 Å². The Kier molecular flexibility index (Phi) is 6.78. The van der Waals surface area contributed by atoms with Crippen molar-refractivity contribution in [1.29, 1.82) is 0 Å². The first-order valence-corrected chi connectivity index (χ1v) is 17.1. The summed E-state index contributed by atoms with van der Waals surface area (Å²) in [6, 6.07) is 61.0. The topological polar surface area (TPSA) is 51.8 Å². The molecule has 0 bridgehead atoms. The Hall–Kier alpha value is -6.91. The van der Waals surface area contributed by atoms with Crippen molar-refractivity contribution in [1.82, 2.24) is 15.0 Å². The van der Waals surface area contributed by atoms with Gasteiger partial charge < -0.3 is 4.42 Å². The summed E-state index contributed by atoms with van der Waals surface area (Å²) in [7, 11) is 0. The number of hydrogen-bond donors (Lipinski definition) is 0. The van der Waals surface area contributed by atoms with Gasteiger partial charge in [0.25, 0.3) is 0 Å². The molecule has 8 aromatic carbocycles. The molecule has 0 spiro atoms. The second-order valence-corrected chi connectivity index (χ2v) is 12.8. The first-order chi connectivity index (χ1) is 25.2. The minimum atomic E-state index is 0.624. The lowest BCUT2D eigenvalue weighted by Crippen LogP contribution is -2.00. The molecule has 2 aromatic heterocycles. The van der Waals surface area contributed by atoms with Crippen LogP contribution in [0.5, 0.6) is 0 Å². The Balaban J connectivity index is 1.11. The fraction of sp³-hybridized carbons (Fsp3) is 0. The molecular weight excluding hydrogens is 623 g/mol. The lowest BCUT2D eigenvalue weighted by molar-refractivity contribution is 0.670. The minimum Gasteiger partial charge on any atom is -0.455 e. The van der Waals surface area contributed by atoms with Gasteiger partial charge in [0.2, 0.25) is 0 Å². The van der Waals surface area contributed by atoms with E-state index in [1.54, 1.807) is 0 Å². The van der Waals surface area contributed by atoms with E-state index in [1.165, 1.54) is 10.8 Å². The van der Waals surface area contributed by atoms with Crippen molar-refractivity contribution in [2.45, 2.75) is 0 Å². The summed E-state index contributed by atoms with van der Waals surface area (Å²) < 4.78 is 6.75. The molecule has 0 unspecified atom stereocenters. The molecule has 0 fully saturated rings. The van der Waals surface area contributed by atoms with Crippen molar-refractivity contribution in [3.63, 3.8) is 0 Å². The largest absolute Gasteiger partial charge is 0.455 e. The average Bonchev–Trinajstić information content (AvgIpc) is 3.58. The van der Waals surface area contributed by atoms with E-state index in [-0.39, 0.29) is 0 Å². The Morgan fingerprint density at radius 2 is 0.804 bits per heavy atom. The molecule has 0 aliphatic rings. The molecule has 0 saturated heterocycles. The standard InChI is InChI=1S/C47H29N3O/c1-3-12-31(13-4-1)39-25-26-40(44-43(39)41-28-36-17-9-10-18-37(36)29-42(41)51-44)32-20-22-34(23-21-32)46-48-45(33-14-5-2-6-15-33)49-47(50-46)38-24-19-30-11-7-8-16-35(30)27-38/h1-29H. The highest BCUT2D eigenvalue weighted by Crippen LogP contribution is 2.43. The molecule has 4 heteroatoms. The summed E-state index contributed by atoms with van der Waals surface area (Å²) in [5.74, 6) is 1.90. The number of hydrogen-bond acceptors (Lipinski definition) is 4. The second-order valence-electron chi connectivity index (χ2n) is 12.8. The molecule has 10 aromatic rings. The fourth-order valence-corrected chi connectivity index (χ4v) is 7.13. The molecule has 10 rings (SSSR count). The zero-order valence-corrected chi connectivity index (χ0v) is 27.5. The molecule has 0 aliphatic heterocycles. The highest BCUT2D eigenvalue weighted by Gasteiger charge is 2.19. The maximum Gasteiger partial charge on any atom is 0.164 e. The van der Waals surface area contributed by atoms with Crippen LogP contribution in [0.1, 0.15) is 0 Å². The van der Waals surface area contributed by atoms with Gasteiger partial charge in [0.15, 0.2) is 17.5 Å². The molecular formula is C47H29N3O. The van der Waals surface area contributed by atoms with Crippen LogP contribution in [0.2, 0.25) is 0 Å². The van der Waals surface area contributed by atoms with Crippen LogP contribution in [0.4, 0.5) is 0 Å². The first-order valence-electron chi connectivity index (χ1n) is 17.1. The molecule has 4 nitrogen and oxygen atoms in total. The number of aromatic nitrogens is 3. The van der Waals surface area contributed by atoms with Gasteiger partial charge in [-0.3, -0.25) is 0 Å². The van der Waals surface area contributed by atoms with Crippen molar-refractivity contribution < 1.29 is 4.42 Å². The summed E-state index contributed by atoms with van der Waals surface area (Å²) in [5.41, 5.74) is 8.96. The SMILES string of the molecule is c1ccc(-c2nc(-c3ccc(-c4ccc(-c5ccccc5)c5c4oc4cc6ccccc6cc45)cc3)nc(-c3ccc4ccccc4c3)n2)cc1. The third-order valence-electron chi connectivity index (χ3n) is 9.70. The van der Waals surface area contributed by atoms with Gasteiger partial charge in [-0.15, -0.1) is 0 Å². The molecule has 0 N–H and O–H groups in total. The van der Waals surface area contributed by atoms with Crippen LogP contribution in [0.3, 0.4) is 0 Å². The Morgan fingerprint density at radius 3 is 1.49 bits per heavy atom. The number of furan rings is 1. The van der Waals surface area contributed by atoms with Crippen molar-refractivity contribution in [3.8, 4) is 56.4 Å². The van der Waals surface area contributed by atoms with Crippen LogP contribution in [0.25, 0.3) is 99.9 Å². The third kappa shape index (κ3) is 5.13. The van der Waals surface area contributed by atoms with Crippen LogP contribution in [-0.2, 0) is 0 Å². The van der Waals surface area contributed by atoms with E-state index >= 15 is 0 Å². The summed E-state index contributed by atoms with van der Waals surface area (Å²) in [6.07, 6.45) is 0. The van der Waals surface area contributed by atoms with Gasteiger partial charge in [-0.1, -0.05) is 152 Å². The molecule has 0 amide bonds. The molecule has 51 heavy (non-hydrogen) atoms. The highest BCUT2D eigenvalue weighted by molar-refractivity contribution is 6.18. The lowest BCUT2D eigenvalue weighted by Gasteiger charge is -2.11. The monoisotopic (exact) mass is 651 g/mol. The van der Waals surface area contributed by atoms with Crippen LogP contribution in [-0.4, -0.2) is 15.0 Å². The van der Waals surface area contributed by atoms with E-state index in [4.69, 9.17) is 19.4 Å². The molecule has 0 radical (unpaired) electrons. The summed E-state index contributed by atoms with van der Waals surface area (Å²) in [4.78, 5) is 14.9. The first kappa shape index (κ1) is 29.0. The minimum absolute atomic E-state index is 0.624. The van der Waals surface area contributed by atoms with Crippen molar-refractivity contribution in [3.05, 3.63) is 176 Å². The van der Waals surface area contributed by atoms with E-state index in [0.29, 0.717) is 17.5 Å². The molecule has 0 saturated carbocycles. The van der Waals surface area contributed by atoms with E-state index < -0.39 is 0 Å². The van der Waals surface area contributed by atoms with E-state index in [0.717, 1.165) is 71.7 Å². The zero-order chi connectivity index (χ0) is 33.7. The summed E-state index contributed by atoms with van der Waals surface area (Å²) >= 11 is 0. The maximum atomic E-state index is 6.75. The summed E-state index contributed by atoms with van der Waals surface area (Å²) in [6.45, 7) is 0. The van der Waals surface area contributed by atoms with Gasteiger partial charge in [0, 0.05) is 33.0 Å². The van der Waals surface area contributed by atoms with Crippen molar-refractivity contribution in [2.75, 3.05) is 0 Å². The van der Waals surface area contributed by atoms with E-state index in [1.807, 2.05) is 30.3 Å². The van der Waals surface area contributed by atoms with Gasteiger partial charge in [-0.2, -0.15) is 0 Å². The molecule has 0 atom stereocenters. The number of benzene rings is 8. The zero-order valence-electron chi connectivity index (χ0n) is 27.5. The quantitative estimate of drug-likeness (QED) is 0.186. The normalized spacial score (nSPS) is 11.5. The predicted octanol–water partition coefficient (Wildman–Crippen LogP) is 12.4. The van der Waals surface area contributed by atoms with Crippen LogP contribution >= 0.6 is 0 Å². The van der Waals surface area contributed by atoms with Gasteiger partial charge in [-0.25, -0.2) is 15.0 Å². The fourth-order valence-electron chi connectivity index (χ4n) is 7.13. The van der Waals surface area contributed by atoms with Gasteiger partial charge in [0.1, 0.15) is 11.2 Å². The maximum absolute atomic E-state index is 6.75. The summed E-state index contributed by atoms with van der Waals surface area (Å²) in [5, 5.41) is 6.90. The Morgan fingerprint density at radius 1 is 0.333 bits per heavy atom. The van der Waals surface area contributed by atoms with Gasteiger partial charge in [-0.05, 0) is 62.5 Å². The molecule has 0 aliphatic carbocycles. The predicted molar refractivity (Wildman–Crippen MR) is 209 cm³/mol. The molecule has 2 heterocycles. The Labute approximate surface area is 294 Å². The van der Waals surface area contributed by atoms with Crippen molar-refractivity contribution in [2.24, 2.45) is 0 Å². The second kappa shape index (κ2) is 11.9. The van der Waals surface area contributed by atoms with Crippen LogP contribution < -0.4 is 0 Å². The number of fused-ring (bicyclic) bond motifs is 5. The number of rotatable bonds is 5.